The van der Waals surface area contributed by atoms with Crippen LogP contribution in [0.3, 0.4) is 0 Å². The summed E-state index contributed by atoms with van der Waals surface area (Å²) in [6.07, 6.45) is 2.90. The quantitative estimate of drug-likeness (QED) is 0.921. The van der Waals surface area contributed by atoms with E-state index in [1.807, 2.05) is 0 Å². The van der Waals surface area contributed by atoms with Gasteiger partial charge in [0.25, 0.3) is 0 Å². The van der Waals surface area contributed by atoms with Crippen molar-refractivity contribution in [1.29, 1.82) is 0 Å². The molecule has 0 radical (unpaired) electrons. The highest BCUT2D eigenvalue weighted by Gasteiger charge is 2.16. The van der Waals surface area contributed by atoms with E-state index in [4.69, 9.17) is 0 Å². The Bertz CT molecular complexity index is 317. The standard InChI is InChI=1S/C13H18BrNO/c14-12-3-1-11(2-4-12)5-8-15-9-6-13(16)7-10-15/h1-4,13,16H,5-10H2. The molecular weight excluding hydrogens is 266 g/mol. The van der Waals surface area contributed by atoms with Gasteiger partial charge in [0.05, 0.1) is 6.10 Å². The fourth-order valence-electron chi connectivity index (χ4n) is 2.08. The molecule has 0 unspecified atom stereocenters. The Balaban J connectivity index is 1.77. The molecule has 16 heavy (non-hydrogen) atoms. The SMILES string of the molecule is OC1CCN(CCc2ccc(Br)cc2)CC1. The summed E-state index contributed by atoms with van der Waals surface area (Å²) in [6.45, 7) is 3.18. The summed E-state index contributed by atoms with van der Waals surface area (Å²) in [5.74, 6) is 0. The zero-order valence-corrected chi connectivity index (χ0v) is 11.0. The van der Waals surface area contributed by atoms with Crippen molar-refractivity contribution in [3.8, 4) is 0 Å². The van der Waals surface area contributed by atoms with Crippen LogP contribution in [0.5, 0.6) is 0 Å². The average molecular weight is 284 g/mol. The van der Waals surface area contributed by atoms with Crippen LogP contribution < -0.4 is 0 Å². The van der Waals surface area contributed by atoms with Gasteiger partial charge in [-0.1, -0.05) is 28.1 Å². The van der Waals surface area contributed by atoms with Gasteiger partial charge in [0, 0.05) is 24.1 Å². The fourth-order valence-corrected chi connectivity index (χ4v) is 2.35. The molecule has 2 rings (SSSR count). The van der Waals surface area contributed by atoms with Crippen molar-refractivity contribution in [1.82, 2.24) is 4.90 Å². The van der Waals surface area contributed by atoms with Crippen molar-refractivity contribution in [2.24, 2.45) is 0 Å². The molecule has 0 spiro atoms. The number of likely N-dealkylation sites (tertiary alicyclic amines) is 1. The second-order valence-corrected chi connectivity index (χ2v) is 5.36. The van der Waals surface area contributed by atoms with Gasteiger partial charge in [-0.05, 0) is 37.0 Å². The van der Waals surface area contributed by atoms with Crippen LogP contribution in [0, 0.1) is 0 Å². The predicted molar refractivity (Wildman–Crippen MR) is 69.5 cm³/mol. The molecule has 0 amide bonds. The van der Waals surface area contributed by atoms with E-state index in [2.05, 4.69) is 45.1 Å². The van der Waals surface area contributed by atoms with Gasteiger partial charge in [-0.2, -0.15) is 0 Å². The number of halogens is 1. The number of benzene rings is 1. The Kier molecular flexibility index (Phi) is 4.38. The van der Waals surface area contributed by atoms with Gasteiger partial charge in [0.1, 0.15) is 0 Å². The Morgan fingerprint density at radius 2 is 1.81 bits per heavy atom. The van der Waals surface area contributed by atoms with Crippen molar-refractivity contribution in [3.05, 3.63) is 34.3 Å². The molecule has 1 aromatic rings. The number of hydrogen-bond donors (Lipinski definition) is 1. The highest BCUT2D eigenvalue weighted by atomic mass is 79.9. The molecule has 0 bridgehead atoms. The van der Waals surface area contributed by atoms with Crippen molar-refractivity contribution < 1.29 is 5.11 Å². The van der Waals surface area contributed by atoms with Crippen LogP contribution in [0.2, 0.25) is 0 Å². The van der Waals surface area contributed by atoms with E-state index in [0.717, 1.165) is 43.4 Å². The van der Waals surface area contributed by atoms with Crippen LogP contribution >= 0.6 is 15.9 Å². The van der Waals surface area contributed by atoms with Crippen molar-refractivity contribution >= 4 is 15.9 Å². The molecular formula is C13H18BrNO. The number of hydrogen-bond acceptors (Lipinski definition) is 2. The number of aliphatic hydroxyl groups excluding tert-OH is 1. The molecule has 88 valence electrons. The lowest BCUT2D eigenvalue weighted by molar-refractivity contribution is 0.0832. The molecule has 1 heterocycles. The first kappa shape index (κ1) is 12.1. The van der Waals surface area contributed by atoms with Crippen LogP contribution in [0.1, 0.15) is 18.4 Å². The van der Waals surface area contributed by atoms with E-state index in [1.54, 1.807) is 0 Å². The molecule has 1 aliphatic rings. The third-order valence-corrected chi connectivity index (χ3v) is 3.72. The molecule has 0 aliphatic carbocycles. The monoisotopic (exact) mass is 283 g/mol. The fraction of sp³-hybridized carbons (Fsp3) is 0.538. The Labute approximate surface area is 105 Å². The molecule has 1 aromatic carbocycles. The molecule has 1 fully saturated rings. The van der Waals surface area contributed by atoms with E-state index < -0.39 is 0 Å². The van der Waals surface area contributed by atoms with Crippen molar-refractivity contribution in [2.75, 3.05) is 19.6 Å². The highest BCUT2D eigenvalue weighted by molar-refractivity contribution is 9.10. The molecule has 1 N–H and O–H groups in total. The van der Waals surface area contributed by atoms with E-state index in [9.17, 15) is 5.11 Å². The Morgan fingerprint density at radius 3 is 2.44 bits per heavy atom. The van der Waals surface area contributed by atoms with Crippen molar-refractivity contribution in [3.63, 3.8) is 0 Å². The van der Waals surface area contributed by atoms with E-state index in [1.165, 1.54) is 5.56 Å². The van der Waals surface area contributed by atoms with Gasteiger partial charge >= 0.3 is 0 Å². The summed E-state index contributed by atoms with van der Waals surface area (Å²) < 4.78 is 1.14. The predicted octanol–water partition coefficient (Wildman–Crippen LogP) is 2.45. The Hall–Kier alpha value is -0.380. The summed E-state index contributed by atoms with van der Waals surface area (Å²) in [7, 11) is 0. The third kappa shape index (κ3) is 3.58. The first-order valence-electron chi connectivity index (χ1n) is 5.89. The lowest BCUT2D eigenvalue weighted by atomic mass is 10.1. The van der Waals surface area contributed by atoms with Gasteiger partial charge in [0.2, 0.25) is 0 Å². The minimum atomic E-state index is -0.0658. The molecule has 1 aliphatic heterocycles. The number of aliphatic hydroxyl groups is 1. The molecule has 2 nitrogen and oxygen atoms in total. The second kappa shape index (κ2) is 5.80. The van der Waals surface area contributed by atoms with Crippen LogP contribution in [0.15, 0.2) is 28.7 Å². The number of rotatable bonds is 3. The smallest absolute Gasteiger partial charge is 0.0564 e. The maximum absolute atomic E-state index is 9.41. The zero-order chi connectivity index (χ0) is 11.4. The second-order valence-electron chi connectivity index (χ2n) is 4.45. The molecule has 0 saturated carbocycles. The van der Waals surface area contributed by atoms with Gasteiger partial charge in [0.15, 0.2) is 0 Å². The summed E-state index contributed by atoms with van der Waals surface area (Å²) in [5.41, 5.74) is 1.38. The largest absolute Gasteiger partial charge is 0.393 e. The number of nitrogens with zero attached hydrogens (tertiary/aromatic N) is 1. The summed E-state index contributed by atoms with van der Waals surface area (Å²) in [4.78, 5) is 2.44. The first-order chi connectivity index (χ1) is 7.74. The van der Waals surface area contributed by atoms with Crippen LogP contribution in [-0.4, -0.2) is 35.7 Å². The molecule has 0 aromatic heterocycles. The summed E-state index contributed by atoms with van der Waals surface area (Å²) in [6, 6.07) is 8.52. The average Bonchev–Trinajstić information content (AvgIpc) is 2.30. The van der Waals surface area contributed by atoms with Crippen LogP contribution in [0.25, 0.3) is 0 Å². The third-order valence-electron chi connectivity index (χ3n) is 3.19. The molecule has 0 atom stereocenters. The normalized spacial score (nSPS) is 18.9. The maximum atomic E-state index is 9.41. The maximum Gasteiger partial charge on any atom is 0.0564 e. The zero-order valence-electron chi connectivity index (χ0n) is 9.40. The number of piperidine rings is 1. The molecule has 3 heteroatoms. The van der Waals surface area contributed by atoms with Crippen LogP contribution in [-0.2, 0) is 6.42 Å². The van der Waals surface area contributed by atoms with Gasteiger partial charge < -0.3 is 10.0 Å². The highest BCUT2D eigenvalue weighted by Crippen LogP contribution is 2.13. The summed E-state index contributed by atoms with van der Waals surface area (Å²) in [5, 5.41) is 9.41. The Morgan fingerprint density at radius 1 is 1.19 bits per heavy atom. The van der Waals surface area contributed by atoms with Crippen molar-refractivity contribution in [2.45, 2.75) is 25.4 Å². The molecule has 1 saturated heterocycles. The van der Waals surface area contributed by atoms with Gasteiger partial charge in [-0.25, -0.2) is 0 Å². The van der Waals surface area contributed by atoms with E-state index in [0.29, 0.717) is 0 Å². The van der Waals surface area contributed by atoms with Gasteiger partial charge in [-0.3, -0.25) is 0 Å². The minimum Gasteiger partial charge on any atom is -0.393 e. The lowest BCUT2D eigenvalue weighted by Crippen LogP contribution is -2.37. The first-order valence-corrected chi connectivity index (χ1v) is 6.68. The minimum absolute atomic E-state index is 0.0658. The topological polar surface area (TPSA) is 23.5 Å². The van der Waals surface area contributed by atoms with E-state index >= 15 is 0 Å². The van der Waals surface area contributed by atoms with Gasteiger partial charge in [-0.15, -0.1) is 0 Å². The summed E-state index contributed by atoms with van der Waals surface area (Å²) >= 11 is 3.44. The van der Waals surface area contributed by atoms with Crippen LogP contribution in [0.4, 0.5) is 0 Å². The van der Waals surface area contributed by atoms with E-state index in [-0.39, 0.29) is 6.10 Å². The lowest BCUT2D eigenvalue weighted by Gasteiger charge is -2.29.